The van der Waals surface area contributed by atoms with Crippen LogP contribution in [0.15, 0.2) is 18.2 Å². The second kappa shape index (κ2) is 6.74. The van der Waals surface area contributed by atoms with Crippen molar-refractivity contribution in [2.75, 3.05) is 25.6 Å². The maximum atomic E-state index is 12.6. The molecule has 1 aliphatic heterocycles. The van der Waals surface area contributed by atoms with E-state index in [4.69, 9.17) is 23.2 Å². The largest absolute Gasteiger partial charge is 0.273 e. The number of nitrogens with zero attached hydrogens (tertiary/aromatic N) is 2. The van der Waals surface area contributed by atoms with Crippen molar-refractivity contribution in [3.63, 3.8) is 0 Å². The predicted molar refractivity (Wildman–Crippen MR) is 87.8 cm³/mol. The van der Waals surface area contributed by atoms with E-state index in [0.29, 0.717) is 16.5 Å². The van der Waals surface area contributed by atoms with E-state index in [0.717, 1.165) is 5.56 Å². The molecule has 0 bridgehead atoms. The van der Waals surface area contributed by atoms with E-state index in [-0.39, 0.29) is 29.9 Å². The molecule has 5 nitrogen and oxygen atoms in total. The Labute approximate surface area is 140 Å². The lowest BCUT2D eigenvalue weighted by Crippen LogP contribution is -2.49. The summed E-state index contributed by atoms with van der Waals surface area (Å²) in [6.45, 7) is 0. The topological polar surface area (TPSA) is 57.7 Å². The van der Waals surface area contributed by atoms with Gasteiger partial charge in [0.1, 0.15) is 0 Å². The summed E-state index contributed by atoms with van der Waals surface area (Å²) in [5, 5.41) is 3.99. The first kappa shape index (κ1) is 17.5. The smallest absolute Gasteiger partial charge is 0.241 e. The maximum absolute atomic E-state index is 12.6. The highest BCUT2D eigenvalue weighted by molar-refractivity contribution is 7.91. The van der Waals surface area contributed by atoms with E-state index in [1.807, 2.05) is 0 Å². The van der Waals surface area contributed by atoms with Crippen molar-refractivity contribution in [1.29, 1.82) is 0 Å². The number of hydrogen-bond donors (Lipinski definition) is 0. The molecule has 0 radical (unpaired) electrons. The fourth-order valence-electron chi connectivity index (χ4n) is 2.63. The SMILES string of the molecule is CN(C)N(C(=O)Cc1ccc(Cl)c(Cl)c1)[C@@H]1CCS(=O)(=O)C1. The molecule has 2 rings (SSSR count). The Hall–Kier alpha value is -0.820. The molecule has 1 saturated heterocycles. The van der Waals surface area contributed by atoms with Gasteiger partial charge in [0, 0.05) is 14.1 Å². The highest BCUT2D eigenvalue weighted by Crippen LogP contribution is 2.24. The average molecular weight is 365 g/mol. The first-order valence-corrected chi connectivity index (χ1v) is 9.41. The highest BCUT2D eigenvalue weighted by atomic mass is 35.5. The van der Waals surface area contributed by atoms with Crippen LogP contribution in [0.25, 0.3) is 0 Å². The van der Waals surface area contributed by atoms with E-state index in [2.05, 4.69) is 0 Å². The minimum Gasteiger partial charge on any atom is -0.273 e. The lowest BCUT2D eigenvalue weighted by Gasteiger charge is -2.33. The fourth-order valence-corrected chi connectivity index (χ4v) is 4.64. The lowest BCUT2D eigenvalue weighted by atomic mass is 10.1. The number of rotatable bonds is 4. The number of benzene rings is 1. The molecule has 1 heterocycles. The van der Waals surface area contributed by atoms with Crippen LogP contribution in [-0.2, 0) is 21.1 Å². The minimum absolute atomic E-state index is 0.0122. The van der Waals surface area contributed by atoms with Crippen LogP contribution >= 0.6 is 23.2 Å². The zero-order valence-electron chi connectivity index (χ0n) is 12.4. The summed E-state index contributed by atoms with van der Waals surface area (Å²) in [6.07, 6.45) is 0.610. The number of halogens is 2. The van der Waals surface area contributed by atoms with Gasteiger partial charge < -0.3 is 0 Å². The van der Waals surface area contributed by atoms with Crippen molar-refractivity contribution in [2.24, 2.45) is 0 Å². The Morgan fingerprint density at radius 3 is 2.45 bits per heavy atom. The van der Waals surface area contributed by atoms with Crippen molar-refractivity contribution in [2.45, 2.75) is 18.9 Å². The second-order valence-electron chi connectivity index (χ2n) is 5.57. The summed E-state index contributed by atoms with van der Waals surface area (Å²) >= 11 is 11.8. The Morgan fingerprint density at radius 1 is 1.27 bits per heavy atom. The third kappa shape index (κ3) is 4.13. The molecule has 1 amide bonds. The Bertz CT molecular complexity index is 677. The Balaban J connectivity index is 2.15. The van der Waals surface area contributed by atoms with Gasteiger partial charge in [-0.25, -0.2) is 13.4 Å². The summed E-state index contributed by atoms with van der Waals surface area (Å²) in [4.78, 5) is 12.6. The molecule has 0 N–H and O–H groups in total. The molecule has 1 atom stereocenters. The molecule has 0 aromatic heterocycles. The number of amides is 1. The van der Waals surface area contributed by atoms with E-state index in [1.54, 1.807) is 37.3 Å². The number of sulfone groups is 1. The van der Waals surface area contributed by atoms with Crippen LogP contribution in [-0.4, -0.2) is 56.0 Å². The molecule has 1 fully saturated rings. The quantitative estimate of drug-likeness (QED) is 0.767. The van der Waals surface area contributed by atoms with E-state index >= 15 is 0 Å². The van der Waals surface area contributed by atoms with Gasteiger partial charge in [-0.15, -0.1) is 0 Å². The zero-order chi connectivity index (χ0) is 16.5. The second-order valence-corrected chi connectivity index (χ2v) is 8.61. The molecule has 0 saturated carbocycles. The first-order chi connectivity index (χ1) is 10.2. The predicted octanol–water partition coefficient (Wildman–Crippen LogP) is 2.03. The minimum atomic E-state index is -3.05. The van der Waals surface area contributed by atoms with Crippen LogP contribution < -0.4 is 0 Å². The van der Waals surface area contributed by atoms with Gasteiger partial charge in [-0.05, 0) is 24.1 Å². The van der Waals surface area contributed by atoms with Crippen LogP contribution in [0.3, 0.4) is 0 Å². The van der Waals surface area contributed by atoms with Crippen LogP contribution in [0.2, 0.25) is 10.0 Å². The molecule has 122 valence electrons. The molecular weight excluding hydrogens is 347 g/mol. The van der Waals surface area contributed by atoms with Crippen molar-refractivity contribution in [1.82, 2.24) is 10.0 Å². The van der Waals surface area contributed by atoms with Crippen molar-refractivity contribution in [3.05, 3.63) is 33.8 Å². The summed E-state index contributed by atoms with van der Waals surface area (Å²) in [7, 11) is 0.416. The normalized spacial score (nSPS) is 20.3. The molecule has 0 spiro atoms. The van der Waals surface area contributed by atoms with Crippen LogP contribution in [0.5, 0.6) is 0 Å². The first-order valence-electron chi connectivity index (χ1n) is 6.83. The van der Waals surface area contributed by atoms with E-state index in [1.165, 1.54) is 5.01 Å². The summed E-state index contributed by atoms with van der Waals surface area (Å²) < 4.78 is 23.3. The number of carbonyl (C=O) groups is 1. The van der Waals surface area contributed by atoms with Gasteiger partial charge in [0.15, 0.2) is 9.84 Å². The molecule has 8 heteroatoms. The number of hydrazine groups is 1. The molecule has 1 aromatic carbocycles. The molecular formula is C14H18Cl2N2O3S. The summed E-state index contributed by atoms with van der Waals surface area (Å²) in [6, 6.07) is 4.73. The monoisotopic (exact) mass is 364 g/mol. The van der Waals surface area contributed by atoms with Crippen LogP contribution in [0.1, 0.15) is 12.0 Å². The van der Waals surface area contributed by atoms with Crippen molar-refractivity contribution in [3.8, 4) is 0 Å². The van der Waals surface area contributed by atoms with Gasteiger partial charge in [0.25, 0.3) is 0 Å². The van der Waals surface area contributed by atoms with Crippen molar-refractivity contribution < 1.29 is 13.2 Å². The Kier molecular flexibility index (Phi) is 5.37. The number of hydrogen-bond acceptors (Lipinski definition) is 4. The summed E-state index contributed by atoms with van der Waals surface area (Å²) in [5.74, 6) is -0.0223. The van der Waals surface area contributed by atoms with E-state index < -0.39 is 9.84 Å². The Morgan fingerprint density at radius 2 is 1.95 bits per heavy atom. The van der Waals surface area contributed by atoms with Gasteiger partial charge in [0.05, 0.1) is 34.0 Å². The van der Waals surface area contributed by atoms with Gasteiger partial charge in [-0.1, -0.05) is 29.3 Å². The average Bonchev–Trinajstić information content (AvgIpc) is 2.73. The van der Waals surface area contributed by atoms with Crippen molar-refractivity contribution >= 4 is 38.9 Å². The third-order valence-corrected chi connectivity index (χ3v) is 6.07. The fraction of sp³-hybridized carbons (Fsp3) is 0.500. The lowest BCUT2D eigenvalue weighted by molar-refractivity contribution is -0.148. The molecule has 0 unspecified atom stereocenters. The summed E-state index contributed by atoms with van der Waals surface area (Å²) in [5.41, 5.74) is 0.743. The molecule has 22 heavy (non-hydrogen) atoms. The van der Waals surface area contributed by atoms with E-state index in [9.17, 15) is 13.2 Å². The van der Waals surface area contributed by atoms with Gasteiger partial charge in [-0.3, -0.25) is 9.80 Å². The highest BCUT2D eigenvalue weighted by Gasteiger charge is 2.35. The standard InChI is InChI=1S/C14H18Cl2N2O3S/c1-17(2)18(11-5-6-22(20,21)9-11)14(19)8-10-3-4-12(15)13(16)7-10/h3-4,7,11H,5-6,8-9H2,1-2H3/t11-/m1/s1. The number of carbonyl (C=O) groups excluding carboxylic acids is 1. The van der Waals surface area contributed by atoms with Crippen LogP contribution in [0.4, 0.5) is 0 Å². The molecule has 1 aromatic rings. The third-order valence-electron chi connectivity index (χ3n) is 3.58. The maximum Gasteiger partial charge on any atom is 0.241 e. The molecule has 1 aliphatic rings. The zero-order valence-corrected chi connectivity index (χ0v) is 14.7. The van der Waals surface area contributed by atoms with Gasteiger partial charge in [0.2, 0.25) is 5.91 Å². The molecule has 0 aliphatic carbocycles. The van der Waals surface area contributed by atoms with Gasteiger partial charge in [-0.2, -0.15) is 0 Å². The van der Waals surface area contributed by atoms with Gasteiger partial charge >= 0.3 is 0 Å². The van der Waals surface area contributed by atoms with Crippen LogP contribution in [0, 0.1) is 0 Å².